The summed E-state index contributed by atoms with van der Waals surface area (Å²) in [6, 6.07) is 6.36. The lowest BCUT2D eigenvalue weighted by molar-refractivity contribution is -0.140. The molecule has 5 nitrogen and oxygen atoms in total. The summed E-state index contributed by atoms with van der Waals surface area (Å²) in [6.07, 6.45) is 12.0. The normalized spacial score (nSPS) is 32.0. The third-order valence-corrected chi connectivity index (χ3v) is 8.37. The van der Waals surface area contributed by atoms with E-state index in [9.17, 15) is 4.79 Å². The van der Waals surface area contributed by atoms with Gasteiger partial charge in [-0.1, -0.05) is 18.6 Å². The Kier molecular flexibility index (Phi) is 4.29. The van der Waals surface area contributed by atoms with E-state index in [4.69, 9.17) is 0 Å². The number of benzene rings is 1. The highest BCUT2D eigenvalue weighted by Gasteiger charge is 2.54. The zero-order valence-corrected chi connectivity index (χ0v) is 18.0. The van der Waals surface area contributed by atoms with Gasteiger partial charge in [-0.05, 0) is 87.7 Å². The van der Waals surface area contributed by atoms with Gasteiger partial charge in [-0.3, -0.25) is 4.79 Å². The fourth-order valence-electron chi connectivity index (χ4n) is 7.24. The number of nitrogens with zero attached hydrogens (tertiary/aromatic N) is 3. The van der Waals surface area contributed by atoms with Gasteiger partial charge < -0.3 is 9.88 Å². The molecule has 4 aliphatic carbocycles. The van der Waals surface area contributed by atoms with Gasteiger partial charge in [0.1, 0.15) is 5.82 Å². The molecule has 2 aromatic rings. The Morgan fingerprint density at radius 2 is 1.77 bits per heavy atom. The maximum atomic E-state index is 13.5. The van der Waals surface area contributed by atoms with Crippen LogP contribution in [-0.4, -0.2) is 20.7 Å². The Labute approximate surface area is 178 Å². The van der Waals surface area contributed by atoms with Crippen molar-refractivity contribution in [2.45, 2.75) is 77.7 Å². The van der Waals surface area contributed by atoms with Crippen molar-refractivity contribution in [3.63, 3.8) is 0 Å². The zero-order chi connectivity index (χ0) is 20.3. The van der Waals surface area contributed by atoms with Crippen molar-refractivity contribution >= 4 is 11.6 Å². The summed E-state index contributed by atoms with van der Waals surface area (Å²) in [5.74, 6) is 4.64. The second kappa shape index (κ2) is 6.93. The molecule has 0 saturated heterocycles. The van der Waals surface area contributed by atoms with Crippen molar-refractivity contribution in [2.75, 3.05) is 5.32 Å². The predicted molar refractivity (Wildman–Crippen MR) is 117 cm³/mol. The van der Waals surface area contributed by atoms with Gasteiger partial charge in [0, 0.05) is 24.2 Å². The molecule has 4 fully saturated rings. The summed E-state index contributed by atoms with van der Waals surface area (Å²) < 4.78 is 2.28. The smallest absolute Gasteiger partial charge is 0.230 e. The number of anilines is 1. The molecule has 30 heavy (non-hydrogen) atoms. The molecule has 158 valence electrons. The van der Waals surface area contributed by atoms with Gasteiger partial charge in [0.25, 0.3) is 0 Å². The number of nitrogens with one attached hydrogen (secondary N) is 1. The van der Waals surface area contributed by atoms with Crippen LogP contribution in [0.25, 0.3) is 11.4 Å². The van der Waals surface area contributed by atoms with Crippen LogP contribution in [0.4, 0.5) is 5.69 Å². The number of rotatable bonds is 3. The first-order chi connectivity index (χ1) is 14.6. The van der Waals surface area contributed by atoms with Crippen LogP contribution >= 0.6 is 0 Å². The summed E-state index contributed by atoms with van der Waals surface area (Å²) in [5.41, 5.74) is 3.00. The van der Waals surface area contributed by atoms with Crippen molar-refractivity contribution in [1.29, 1.82) is 0 Å². The first-order valence-electron chi connectivity index (χ1n) is 11.9. The minimum atomic E-state index is -0.122. The van der Waals surface area contributed by atoms with Crippen LogP contribution in [0.15, 0.2) is 18.2 Å². The SMILES string of the molecule is Cc1ccc(-c2nnc3n2CCCCC3)cc1NC(=O)C12CC3CC(CC(C3)C1)C2. The second-order valence-electron chi connectivity index (χ2n) is 10.6. The quantitative estimate of drug-likeness (QED) is 0.771. The number of carbonyl (C=O) groups excluding carboxylic acids is 1. The van der Waals surface area contributed by atoms with Gasteiger partial charge >= 0.3 is 0 Å². The molecule has 4 bridgehead atoms. The Balaban J connectivity index is 1.29. The molecule has 0 radical (unpaired) electrons. The van der Waals surface area contributed by atoms with Crippen molar-refractivity contribution in [1.82, 2.24) is 14.8 Å². The van der Waals surface area contributed by atoms with Gasteiger partial charge in [0.2, 0.25) is 5.91 Å². The fraction of sp³-hybridized carbons (Fsp3) is 0.640. The van der Waals surface area contributed by atoms with Crippen LogP contribution in [0.5, 0.6) is 0 Å². The topological polar surface area (TPSA) is 59.8 Å². The lowest BCUT2D eigenvalue weighted by Crippen LogP contribution is -2.51. The van der Waals surface area contributed by atoms with Crippen LogP contribution in [0.2, 0.25) is 0 Å². The summed E-state index contributed by atoms with van der Waals surface area (Å²) in [7, 11) is 0. The number of fused-ring (bicyclic) bond motifs is 1. The highest BCUT2D eigenvalue weighted by atomic mass is 16.2. The Morgan fingerprint density at radius 3 is 2.50 bits per heavy atom. The van der Waals surface area contributed by atoms with E-state index in [1.807, 2.05) is 0 Å². The molecule has 0 unspecified atom stereocenters. The summed E-state index contributed by atoms with van der Waals surface area (Å²) >= 11 is 0. The van der Waals surface area contributed by atoms with Crippen molar-refractivity contribution in [3.05, 3.63) is 29.6 Å². The van der Waals surface area contributed by atoms with Crippen LogP contribution in [0, 0.1) is 30.1 Å². The second-order valence-corrected chi connectivity index (χ2v) is 10.6. The number of hydrogen-bond acceptors (Lipinski definition) is 3. The monoisotopic (exact) mass is 404 g/mol. The van der Waals surface area contributed by atoms with E-state index in [2.05, 4.69) is 45.2 Å². The number of amides is 1. The average Bonchev–Trinajstić information content (AvgIpc) is 2.97. The lowest BCUT2D eigenvalue weighted by Gasteiger charge is -2.55. The zero-order valence-electron chi connectivity index (χ0n) is 18.0. The first-order valence-corrected chi connectivity index (χ1v) is 11.9. The molecule has 1 aromatic carbocycles. The number of aryl methyl sites for hydroxylation is 2. The minimum absolute atomic E-state index is 0.122. The summed E-state index contributed by atoms with van der Waals surface area (Å²) in [5, 5.41) is 12.3. The van der Waals surface area contributed by atoms with E-state index in [0.29, 0.717) is 0 Å². The summed E-state index contributed by atoms with van der Waals surface area (Å²) in [6.45, 7) is 3.07. The number of carbonyl (C=O) groups is 1. The molecule has 5 aliphatic rings. The van der Waals surface area contributed by atoms with E-state index < -0.39 is 0 Å². The molecule has 1 amide bonds. The van der Waals surface area contributed by atoms with E-state index in [1.54, 1.807) is 0 Å². The predicted octanol–water partition coefficient (Wildman–Crippen LogP) is 5.13. The van der Waals surface area contributed by atoms with Crippen molar-refractivity contribution in [3.8, 4) is 11.4 Å². The highest BCUT2D eigenvalue weighted by molar-refractivity contribution is 5.96. The van der Waals surface area contributed by atoms with Gasteiger partial charge in [0.15, 0.2) is 5.82 Å². The molecular weight excluding hydrogens is 372 g/mol. The summed E-state index contributed by atoms with van der Waals surface area (Å²) in [4.78, 5) is 13.5. The minimum Gasteiger partial charge on any atom is -0.325 e. The molecule has 0 spiro atoms. The third kappa shape index (κ3) is 3.00. The van der Waals surface area contributed by atoms with Crippen LogP contribution in [0.3, 0.4) is 0 Å². The molecule has 5 heteroatoms. The molecule has 7 rings (SSSR count). The maximum absolute atomic E-state index is 13.5. The molecule has 4 saturated carbocycles. The van der Waals surface area contributed by atoms with E-state index in [0.717, 1.165) is 78.4 Å². The Morgan fingerprint density at radius 1 is 1.03 bits per heavy atom. The number of aromatic nitrogens is 3. The van der Waals surface area contributed by atoms with Crippen LogP contribution < -0.4 is 5.32 Å². The van der Waals surface area contributed by atoms with Crippen molar-refractivity contribution < 1.29 is 4.79 Å². The van der Waals surface area contributed by atoms with Gasteiger partial charge in [0.05, 0.1) is 5.41 Å². The Bertz CT molecular complexity index is 956. The average molecular weight is 405 g/mol. The maximum Gasteiger partial charge on any atom is 0.230 e. The largest absolute Gasteiger partial charge is 0.325 e. The lowest BCUT2D eigenvalue weighted by atomic mass is 9.49. The molecule has 1 aliphatic heterocycles. The van der Waals surface area contributed by atoms with Gasteiger partial charge in [-0.2, -0.15) is 0 Å². The molecule has 1 aromatic heterocycles. The first kappa shape index (κ1) is 18.6. The molecule has 0 atom stereocenters. The molecule has 1 N–H and O–H groups in total. The van der Waals surface area contributed by atoms with Crippen molar-refractivity contribution in [2.24, 2.45) is 23.2 Å². The fourth-order valence-corrected chi connectivity index (χ4v) is 7.24. The van der Waals surface area contributed by atoms with Crippen LogP contribution in [0.1, 0.15) is 69.2 Å². The Hall–Kier alpha value is -2.17. The van der Waals surface area contributed by atoms with Crippen LogP contribution in [-0.2, 0) is 17.8 Å². The van der Waals surface area contributed by atoms with E-state index in [1.165, 1.54) is 38.5 Å². The molecule has 2 heterocycles. The standard InChI is InChI=1S/C25H32N4O/c1-16-6-7-20(23-28-27-22-5-3-2-4-8-29(22)23)12-21(16)26-24(30)25-13-17-9-18(14-25)11-19(10-17)15-25/h6-7,12,17-19H,2-5,8-11,13-15H2,1H3,(H,26,30). The van der Waals surface area contributed by atoms with E-state index in [-0.39, 0.29) is 11.3 Å². The van der Waals surface area contributed by atoms with E-state index >= 15 is 0 Å². The number of hydrogen-bond donors (Lipinski definition) is 1. The van der Waals surface area contributed by atoms with Gasteiger partial charge in [-0.15, -0.1) is 10.2 Å². The van der Waals surface area contributed by atoms with Gasteiger partial charge in [-0.25, -0.2) is 0 Å². The highest BCUT2D eigenvalue weighted by Crippen LogP contribution is 2.60. The molecular formula is C25H32N4O. The third-order valence-electron chi connectivity index (χ3n) is 8.37.